The van der Waals surface area contributed by atoms with Gasteiger partial charge in [-0.2, -0.15) is 0 Å². The normalized spacial score (nSPS) is 24.9. The lowest BCUT2D eigenvalue weighted by molar-refractivity contribution is -0.149. The number of nitrogens with one attached hydrogen (secondary N) is 13. The number of fused-ring (bicyclic) bond motifs is 4. The summed E-state index contributed by atoms with van der Waals surface area (Å²) in [6.45, 7) is 2.03. The summed E-state index contributed by atoms with van der Waals surface area (Å²) >= 11 is 0.756. The number of carboxylic acid groups (broad SMARTS) is 1. The highest BCUT2D eigenvalue weighted by Gasteiger charge is 2.47. The summed E-state index contributed by atoms with van der Waals surface area (Å²) in [5.74, 6) is -19.6. The molecule has 0 radical (unpaired) electrons. The van der Waals surface area contributed by atoms with Crippen LogP contribution < -0.4 is 70.4 Å². The van der Waals surface area contributed by atoms with Gasteiger partial charge in [0.2, 0.25) is 100 Å². The molecule has 23 N–H and O–H groups in total. The van der Waals surface area contributed by atoms with E-state index in [1.165, 1.54) is 64.9 Å². The van der Waals surface area contributed by atoms with Gasteiger partial charge < -0.3 is 130 Å². The first kappa shape index (κ1) is 103. The molecule has 17 amide bonds. The minimum atomic E-state index is -1.93. The predicted molar refractivity (Wildman–Crippen MR) is 482 cm³/mol. The van der Waals surface area contributed by atoms with E-state index in [1.807, 2.05) is 13.8 Å². The summed E-state index contributed by atoms with van der Waals surface area (Å²) in [4.78, 5) is 279. The van der Waals surface area contributed by atoms with Crippen LogP contribution in [0.25, 0.3) is 21.8 Å². The SMILES string of the molecule is CCCC[C@H]1C(=O)N(C)[C@@H](CCCC)C(=O)N[C@@H](CCN)C(=O)N[C@H](C(=O)NCC(N)=O)CSCC(=O)N[C@@H](Cc2ccc(O)cc2)C(=O)N(C)[C@@H](C)C(=O)N[C@@H](CC(N)=O)C(=O)N2CCCC2C(=O)N[C@@H](Cc2cnc[nH]2)C(=O)N[C@@H](CCC(=O)O)C(=O)N2C[C@H](O)C[C@H]2C(=O)N[C@@H](Cc2c[nH]c3ccccc23)C(=O)N[C@@H](CO)C(=O)N[C@@H](Cc2c[nH]c3ccccc23)C(=O)N1C. The number of carboxylic acids is 1. The van der Waals surface area contributed by atoms with E-state index in [0.717, 1.165) is 36.3 Å². The molecule has 9 rings (SSSR count). The molecule has 44 nitrogen and oxygen atoms in total. The summed E-state index contributed by atoms with van der Waals surface area (Å²) in [6, 6.07) is -3.36. The Morgan fingerprint density at radius 3 is 1.67 bits per heavy atom. The van der Waals surface area contributed by atoms with Crippen molar-refractivity contribution < 1.29 is 107 Å². The highest BCUT2D eigenvalue weighted by atomic mass is 32.2. The van der Waals surface area contributed by atoms with Gasteiger partial charge in [0, 0.05) is 125 Å². The largest absolute Gasteiger partial charge is 0.508 e. The van der Waals surface area contributed by atoms with Crippen molar-refractivity contribution in [3.8, 4) is 5.75 Å². The maximum atomic E-state index is 15.7. The molecule has 3 aliphatic rings. The van der Waals surface area contributed by atoms with Crippen molar-refractivity contribution in [3.05, 3.63) is 120 Å². The molecule has 3 aromatic heterocycles. The summed E-state index contributed by atoms with van der Waals surface area (Å²) in [6.07, 6.45) is 1.46. The number of aliphatic hydroxyl groups is 2. The second-order valence-electron chi connectivity index (χ2n) is 33.4. The van der Waals surface area contributed by atoms with Gasteiger partial charge >= 0.3 is 5.97 Å². The van der Waals surface area contributed by atoms with Crippen molar-refractivity contribution in [1.82, 2.24) is 97.6 Å². The number of thioether (sulfide) groups is 1. The molecule has 0 aliphatic carbocycles. The number of nitrogens with two attached hydrogens (primary N) is 3. The van der Waals surface area contributed by atoms with Gasteiger partial charge in [0.1, 0.15) is 90.3 Å². The molecule has 6 aromatic rings. The van der Waals surface area contributed by atoms with E-state index in [4.69, 9.17) is 17.2 Å². The molecule has 3 aliphatic heterocycles. The molecule has 133 heavy (non-hydrogen) atoms. The molecule has 3 fully saturated rings. The Labute approximate surface area is 769 Å². The van der Waals surface area contributed by atoms with Gasteiger partial charge in [-0.05, 0) is 92.9 Å². The average Bonchev–Trinajstić information content (AvgIpc) is 1.66. The number of unbranched alkanes of at least 4 members (excludes halogenated alkanes) is 2. The third kappa shape index (κ3) is 28.2. The molecule has 3 saturated heterocycles. The van der Waals surface area contributed by atoms with E-state index < -0.39 is 260 Å². The van der Waals surface area contributed by atoms with Gasteiger partial charge in [0.25, 0.3) is 0 Å². The number of primary amides is 2. The average molecular weight is 1870 g/mol. The molecule has 720 valence electrons. The standard InChI is InChI=1S/C88H120N22O22S/c1-7-9-20-67-81(125)98-58(29-30-89)77(121)105-66(76(120)95-41-72(91)115)44-133-45-73(116)97-62(32-48-23-25-52(112)26-24-48)84(128)106(4)47(3)75(119)102-64(37-71(90)114)87(131)109-31-15-22-68(109)82(126)101-61(35-51-40-92-46-96-51)79(123)99-59(27-28-74(117)118)86(130)110-42-53(113)36-70(110)83(127)100-60(33-49-38-93-56-18-13-11-16-54(49)56)78(122)104-65(43-111)80(124)103-63(34-50-39-94-57-19-14-12-17-55(50)57)85(129)108(6)69(21-10-8-2)88(132)107(67)5/h11-14,16-19,23-26,38-40,46-47,53,58-70,93-94,111-113H,7-10,15,20-22,27-37,41-45,89H2,1-6H3,(H2,90,114)(H2,91,115)(H,92,96)(H,95,120)(H,97,116)(H,98,125)(H,99,123)(H,100,127)(H,101,126)(H,102,119)(H,103,124)(H,104,122)(H,105,121)(H,117,118)/t47-,53+,58-,59-,60-,61-,62-,63-,64-,65-,66-,67-,68?,69-,70-/m0/s1. The highest BCUT2D eigenvalue weighted by molar-refractivity contribution is 8.00. The van der Waals surface area contributed by atoms with Crippen molar-refractivity contribution in [2.75, 3.05) is 65.4 Å². The van der Waals surface area contributed by atoms with Gasteiger partial charge in [-0.15, -0.1) is 11.8 Å². The first-order chi connectivity index (χ1) is 63.4. The van der Waals surface area contributed by atoms with Gasteiger partial charge in [-0.3, -0.25) is 86.3 Å². The number of benzene rings is 3. The van der Waals surface area contributed by atoms with E-state index in [2.05, 4.69) is 73.1 Å². The number of aliphatic carboxylic acids is 1. The number of phenolic OH excluding ortho intramolecular Hbond substituents is 1. The molecule has 0 spiro atoms. The van der Waals surface area contributed by atoms with Crippen molar-refractivity contribution >= 4 is 140 Å². The van der Waals surface area contributed by atoms with E-state index in [0.29, 0.717) is 64.2 Å². The molecule has 6 heterocycles. The van der Waals surface area contributed by atoms with Gasteiger partial charge in [-0.25, -0.2) is 4.98 Å². The van der Waals surface area contributed by atoms with E-state index >= 15 is 33.6 Å². The van der Waals surface area contributed by atoms with Gasteiger partial charge in [0.05, 0.1) is 37.8 Å². The molecular formula is C88H120N22O22S. The minimum Gasteiger partial charge on any atom is -0.508 e. The molecule has 0 saturated carbocycles. The lowest BCUT2D eigenvalue weighted by Gasteiger charge is -2.36. The lowest BCUT2D eigenvalue weighted by atomic mass is 10.00. The van der Waals surface area contributed by atoms with E-state index in [-0.39, 0.29) is 75.9 Å². The first-order valence-corrected chi connectivity index (χ1v) is 45.2. The van der Waals surface area contributed by atoms with Crippen LogP contribution in [0.4, 0.5) is 0 Å². The third-order valence-corrected chi connectivity index (χ3v) is 24.8. The second-order valence-corrected chi connectivity index (χ2v) is 34.4. The van der Waals surface area contributed by atoms with Crippen LogP contribution in [0, 0.1) is 0 Å². The predicted octanol–water partition coefficient (Wildman–Crippen LogP) is -4.02. The topological polar surface area (TPSA) is 663 Å². The Morgan fingerprint density at radius 2 is 1.08 bits per heavy atom. The molecular weight excluding hydrogens is 1750 g/mol. The van der Waals surface area contributed by atoms with Crippen LogP contribution in [0.5, 0.6) is 5.75 Å². The van der Waals surface area contributed by atoms with E-state index in [1.54, 1.807) is 60.9 Å². The Morgan fingerprint density at radius 1 is 0.541 bits per heavy atom. The first-order valence-electron chi connectivity index (χ1n) is 44.1. The summed E-state index contributed by atoms with van der Waals surface area (Å²) in [5.41, 5.74) is 19.9. The number of likely N-dealkylation sites (N-methyl/N-ethyl adjacent to an activating group) is 3. The number of rotatable bonds is 25. The van der Waals surface area contributed by atoms with Crippen LogP contribution in [0.2, 0.25) is 0 Å². The maximum absolute atomic E-state index is 15.7. The number of imidazole rings is 1. The highest BCUT2D eigenvalue weighted by Crippen LogP contribution is 2.28. The third-order valence-electron chi connectivity index (χ3n) is 23.7. The zero-order valence-electron chi connectivity index (χ0n) is 74.8. The number of nitrogens with zero attached hydrogens (tertiary/aromatic N) is 6. The fraction of sp³-hybridized carbons (Fsp3) is 0.511. The van der Waals surface area contributed by atoms with Crippen molar-refractivity contribution in [2.45, 2.75) is 221 Å². The van der Waals surface area contributed by atoms with Crippen LogP contribution in [0.1, 0.15) is 127 Å². The molecule has 1 unspecified atom stereocenters. The number of phenols is 1. The maximum Gasteiger partial charge on any atom is 0.303 e. The van der Waals surface area contributed by atoms with Crippen molar-refractivity contribution in [3.63, 3.8) is 0 Å². The number of para-hydroxylation sites is 2. The van der Waals surface area contributed by atoms with Crippen molar-refractivity contribution in [1.29, 1.82) is 0 Å². The monoisotopic (exact) mass is 1870 g/mol. The van der Waals surface area contributed by atoms with Crippen LogP contribution in [0.3, 0.4) is 0 Å². The Bertz CT molecular complexity index is 5170. The summed E-state index contributed by atoms with van der Waals surface area (Å²) < 4.78 is 0. The number of amides is 17. The second kappa shape index (κ2) is 49.1. The number of carbonyl (C=O) groups is 18. The Hall–Kier alpha value is -13.6. The summed E-state index contributed by atoms with van der Waals surface area (Å²) in [7, 11) is 3.85. The fourth-order valence-corrected chi connectivity index (χ4v) is 17.1. The molecule has 15 atom stereocenters. The smallest absolute Gasteiger partial charge is 0.303 e. The fourth-order valence-electron chi connectivity index (χ4n) is 16.3. The van der Waals surface area contributed by atoms with Crippen LogP contribution in [-0.2, 0) is 112 Å². The van der Waals surface area contributed by atoms with Crippen molar-refractivity contribution in [2.24, 2.45) is 17.2 Å². The molecule has 3 aromatic carbocycles. The number of hydrogen-bond acceptors (Lipinski definition) is 24. The number of hydrogen-bond donors (Lipinski definition) is 20. The quantitative estimate of drug-likeness (QED) is 0.0260. The summed E-state index contributed by atoms with van der Waals surface area (Å²) in [5, 5.41) is 69.8. The lowest BCUT2D eigenvalue weighted by Crippen LogP contribution is -2.62. The number of aromatic amines is 3. The Balaban J connectivity index is 1.09. The van der Waals surface area contributed by atoms with Crippen LogP contribution >= 0.6 is 11.8 Å². The Kier molecular flexibility index (Phi) is 38.1. The minimum absolute atomic E-state index is 0.0138. The zero-order chi connectivity index (χ0) is 97.0. The van der Waals surface area contributed by atoms with Gasteiger partial charge in [-0.1, -0.05) is 88.1 Å². The number of aliphatic hydroxyl groups excluding tert-OH is 2. The van der Waals surface area contributed by atoms with Crippen LogP contribution in [0.15, 0.2) is 97.7 Å². The number of carbonyl (C=O) groups excluding carboxylic acids is 17. The van der Waals surface area contributed by atoms with E-state index in [9.17, 15) is 73.2 Å². The van der Waals surface area contributed by atoms with Gasteiger partial charge in [0.15, 0.2) is 0 Å². The zero-order valence-corrected chi connectivity index (χ0v) is 75.6. The number of H-pyrrole nitrogens is 3. The number of aromatic hydroxyl groups is 1. The van der Waals surface area contributed by atoms with Crippen LogP contribution in [-0.4, -0.2) is 327 Å². The molecule has 45 heteroatoms. The molecule has 0 bridgehead atoms. The number of aromatic nitrogens is 4.